The monoisotopic (exact) mass is 281 g/mol. The van der Waals surface area contributed by atoms with Crippen LogP contribution in [0.4, 0.5) is 10.5 Å². The van der Waals surface area contributed by atoms with Crippen molar-refractivity contribution >= 4 is 17.6 Å². The zero-order chi connectivity index (χ0) is 15.2. The van der Waals surface area contributed by atoms with Gasteiger partial charge in [-0.15, -0.1) is 0 Å². The van der Waals surface area contributed by atoms with Crippen LogP contribution in [0.2, 0.25) is 0 Å². The number of benzene rings is 1. The predicted molar refractivity (Wildman–Crippen MR) is 75.2 cm³/mol. The van der Waals surface area contributed by atoms with Crippen molar-refractivity contribution in [3.05, 3.63) is 24.3 Å². The number of hydrogen-bond donors (Lipinski definition) is 3. The Morgan fingerprint density at radius 3 is 2.75 bits per heavy atom. The topological polar surface area (TPSA) is 106 Å². The van der Waals surface area contributed by atoms with Crippen molar-refractivity contribution in [2.75, 3.05) is 11.9 Å². The maximum atomic E-state index is 11.6. The molecule has 1 aromatic rings. The molecule has 1 amide bonds. The quantitative estimate of drug-likeness (QED) is 0.339. The van der Waals surface area contributed by atoms with Crippen LogP contribution in [-0.4, -0.2) is 29.3 Å². The molecule has 0 saturated carbocycles. The van der Waals surface area contributed by atoms with E-state index < -0.39 is 11.7 Å². The Kier molecular flexibility index (Phi) is 5.19. The molecule has 0 bridgehead atoms. The van der Waals surface area contributed by atoms with Crippen molar-refractivity contribution in [1.29, 1.82) is 0 Å². The van der Waals surface area contributed by atoms with E-state index in [1.54, 1.807) is 45.0 Å². The standard InChI is InChI=1S/C13H19N3O4/c1-13(2,3)20-12(17)15-9-5-4-6-10(7-9)19-8-11(14)16-18/h4-7,18H,8H2,1-3H3,(H2,14,16)(H,15,17). The van der Waals surface area contributed by atoms with Crippen molar-refractivity contribution in [1.82, 2.24) is 0 Å². The van der Waals surface area contributed by atoms with Crippen LogP contribution in [0.1, 0.15) is 20.8 Å². The van der Waals surface area contributed by atoms with Crippen molar-refractivity contribution < 1.29 is 19.5 Å². The van der Waals surface area contributed by atoms with E-state index >= 15 is 0 Å². The van der Waals surface area contributed by atoms with Gasteiger partial charge in [-0.05, 0) is 32.9 Å². The number of ether oxygens (including phenoxy) is 2. The Labute approximate surface area is 117 Å². The second-order valence-corrected chi connectivity index (χ2v) is 5.03. The summed E-state index contributed by atoms with van der Waals surface area (Å²) < 4.78 is 10.4. The molecule has 0 saturated heterocycles. The number of carbonyl (C=O) groups is 1. The minimum Gasteiger partial charge on any atom is -0.485 e. The van der Waals surface area contributed by atoms with Crippen LogP contribution < -0.4 is 15.8 Å². The van der Waals surface area contributed by atoms with Gasteiger partial charge in [0, 0.05) is 11.8 Å². The average molecular weight is 281 g/mol. The molecule has 20 heavy (non-hydrogen) atoms. The molecule has 0 atom stereocenters. The molecule has 0 radical (unpaired) electrons. The lowest BCUT2D eigenvalue weighted by molar-refractivity contribution is 0.0636. The number of nitrogens with two attached hydrogens (primary N) is 1. The smallest absolute Gasteiger partial charge is 0.412 e. The zero-order valence-corrected chi connectivity index (χ0v) is 11.7. The fraction of sp³-hybridized carbons (Fsp3) is 0.385. The largest absolute Gasteiger partial charge is 0.485 e. The van der Waals surface area contributed by atoms with Crippen LogP contribution in [0.15, 0.2) is 29.4 Å². The highest BCUT2D eigenvalue weighted by atomic mass is 16.6. The summed E-state index contributed by atoms with van der Waals surface area (Å²) in [7, 11) is 0. The second-order valence-electron chi connectivity index (χ2n) is 5.03. The number of nitrogens with zero attached hydrogens (tertiary/aromatic N) is 1. The Balaban J connectivity index is 2.62. The molecule has 1 aromatic carbocycles. The Morgan fingerprint density at radius 2 is 2.15 bits per heavy atom. The number of rotatable bonds is 4. The molecule has 0 aliphatic rings. The molecule has 0 spiro atoms. The van der Waals surface area contributed by atoms with E-state index in [4.69, 9.17) is 20.4 Å². The van der Waals surface area contributed by atoms with Crippen molar-refractivity contribution in [2.45, 2.75) is 26.4 Å². The minimum atomic E-state index is -0.565. The van der Waals surface area contributed by atoms with E-state index in [1.807, 2.05) is 0 Å². The summed E-state index contributed by atoms with van der Waals surface area (Å²) in [5.41, 5.74) is 5.25. The molecule has 7 nitrogen and oxygen atoms in total. The number of amides is 1. The summed E-state index contributed by atoms with van der Waals surface area (Å²) in [6.07, 6.45) is -0.550. The third-order valence-corrected chi connectivity index (χ3v) is 1.99. The highest BCUT2D eigenvalue weighted by molar-refractivity contribution is 5.85. The fourth-order valence-corrected chi connectivity index (χ4v) is 1.27. The van der Waals surface area contributed by atoms with E-state index in [0.29, 0.717) is 11.4 Å². The van der Waals surface area contributed by atoms with Gasteiger partial charge in [0.1, 0.15) is 18.0 Å². The van der Waals surface area contributed by atoms with Gasteiger partial charge in [-0.1, -0.05) is 11.2 Å². The number of oxime groups is 1. The summed E-state index contributed by atoms with van der Waals surface area (Å²) in [6, 6.07) is 6.69. The third-order valence-electron chi connectivity index (χ3n) is 1.99. The molecule has 0 heterocycles. The van der Waals surface area contributed by atoms with Crippen LogP contribution in [0.5, 0.6) is 5.75 Å². The first-order valence-electron chi connectivity index (χ1n) is 5.99. The van der Waals surface area contributed by atoms with Crippen LogP contribution >= 0.6 is 0 Å². The Hall–Kier alpha value is -2.44. The minimum absolute atomic E-state index is 0.0458. The van der Waals surface area contributed by atoms with Crippen LogP contribution in [0.3, 0.4) is 0 Å². The van der Waals surface area contributed by atoms with Gasteiger partial charge in [0.2, 0.25) is 0 Å². The summed E-state index contributed by atoms with van der Waals surface area (Å²) in [5, 5.41) is 13.8. The molecule has 0 unspecified atom stereocenters. The molecule has 0 aliphatic heterocycles. The van der Waals surface area contributed by atoms with E-state index in [-0.39, 0.29) is 12.4 Å². The van der Waals surface area contributed by atoms with Crippen molar-refractivity contribution in [2.24, 2.45) is 10.9 Å². The maximum absolute atomic E-state index is 11.6. The highest BCUT2D eigenvalue weighted by Crippen LogP contribution is 2.18. The summed E-state index contributed by atoms with van der Waals surface area (Å²) in [5.74, 6) is 0.431. The predicted octanol–water partition coefficient (Wildman–Crippen LogP) is 2.16. The number of carbonyl (C=O) groups excluding carboxylic acids is 1. The summed E-state index contributed by atoms with van der Waals surface area (Å²) >= 11 is 0. The summed E-state index contributed by atoms with van der Waals surface area (Å²) in [4.78, 5) is 11.6. The lowest BCUT2D eigenvalue weighted by Crippen LogP contribution is -2.27. The van der Waals surface area contributed by atoms with E-state index in [9.17, 15) is 4.79 Å². The molecular formula is C13H19N3O4. The molecule has 7 heteroatoms. The number of amidine groups is 1. The van der Waals surface area contributed by atoms with Crippen LogP contribution in [0.25, 0.3) is 0 Å². The number of anilines is 1. The van der Waals surface area contributed by atoms with Crippen molar-refractivity contribution in [3.63, 3.8) is 0 Å². The van der Waals surface area contributed by atoms with Crippen LogP contribution in [0, 0.1) is 0 Å². The van der Waals surface area contributed by atoms with E-state index in [2.05, 4.69) is 10.5 Å². The molecule has 0 fully saturated rings. The Morgan fingerprint density at radius 1 is 1.45 bits per heavy atom. The van der Waals surface area contributed by atoms with Gasteiger partial charge < -0.3 is 20.4 Å². The van der Waals surface area contributed by atoms with Gasteiger partial charge in [0.15, 0.2) is 5.84 Å². The van der Waals surface area contributed by atoms with Gasteiger partial charge in [0.05, 0.1) is 0 Å². The molecule has 0 aromatic heterocycles. The molecule has 1 rings (SSSR count). The zero-order valence-electron chi connectivity index (χ0n) is 11.7. The molecule has 0 aliphatic carbocycles. The average Bonchev–Trinajstić information content (AvgIpc) is 2.34. The number of nitrogens with one attached hydrogen (secondary N) is 1. The van der Waals surface area contributed by atoms with Crippen molar-refractivity contribution in [3.8, 4) is 5.75 Å². The lowest BCUT2D eigenvalue weighted by Gasteiger charge is -2.19. The first kappa shape index (κ1) is 15.6. The third kappa shape index (κ3) is 5.94. The fourth-order valence-electron chi connectivity index (χ4n) is 1.27. The SMILES string of the molecule is CC(C)(C)OC(=O)Nc1cccc(OCC(N)=NO)c1. The normalized spacial score (nSPS) is 11.8. The summed E-state index contributed by atoms with van der Waals surface area (Å²) in [6.45, 7) is 5.29. The van der Waals surface area contributed by atoms with Gasteiger partial charge in [-0.2, -0.15) is 0 Å². The van der Waals surface area contributed by atoms with Gasteiger partial charge in [0.25, 0.3) is 0 Å². The number of hydrogen-bond acceptors (Lipinski definition) is 5. The first-order valence-corrected chi connectivity index (χ1v) is 5.99. The first-order chi connectivity index (χ1) is 9.30. The van der Waals surface area contributed by atoms with Gasteiger partial charge in [-0.3, -0.25) is 5.32 Å². The Bertz CT molecular complexity index is 495. The van der Waals surface area contributed by atoms with Gasteiger partial charge in [-0.25, -0.2) is 4.79 Å². The highest BCUT2D eigenvalue weighted by Gasteiger charge is 2.16. The van der Waals surface area contributed by atoms with E-state index in [0.717, 1.165) is 0 Å². The maximum Gasteiger partial charge on any atom is 0.412 e. The lowest BCUT2D eigenvalue weighted by atomic mass is 10.2. The molecule has 110 valence electrons. The van der Waals surface area contributed by atoms with Gasteiger partial charge >= 0.3 is 6.09 Å². The molecular weight excluding hydrogens is 262 g/mol. The molecule has 4 N–H and O–H groups in total. The van der Waals surface area contributed by atoms with E-state index in [1.165, 1.54) is 0 Å². The second kappa shape index (κ2) is 6.65. The van der Waals surface area contributed by atoms with Crippen LogP contribution in [-0.2, 0) is 4.74 Å².